The Morgan fingerprint density at radius 2 is 1.80 bits per heavy atom. The van der Waals surface area contributed by atoms with Crippen molar-refractivity contribution < 1.29 is 19.1 Å². The molecule has 0 aliphatic rings. The Hall–Kier alpha value is -2.24. The third-order valence-corrected chi connectivity index (χ3v) is 3.62. The first-order valence-electron chi connectivity index (χ1n) is 8.64. The fourth-order valence-electron chi connectivity index (χ4n) is 2.58. The van der Waals surface area contributed by atoms with Crippen LogP contribution in [0, 0.1) is 0 Å². The number of methoxy groups -OCH3 is 1. The summed E-state index contributed by atoms with van der Waals surface area (Å²) >= 11 is 0. The van der Waals surface area contributed by atoms with Crippen LogP contribution in [0.2, 0.25) is 0 Å². The van der Waals surface area contributed by atoms with Crippen LogP contribution in [0.3, 0.4) is 0 Å². The second-order valence-electron chi connectivity index (χ2n) is 6.26. The summed E-state index contributed by atoms with van der Waals surface area (Å²) in [4.78, 5) is 19.6. The van der Waals surface area contributed by atoms with Gasteiger partial charge in [-0.3, -0.25) is 4.79 Å². The van der Waals surface area contributed by atoms with E-state index < -0.39 is 6.10 Å². The molecule has 1 rings (SSSR count). The van der Waals surface area contributed by atoms with Crippen molar-refractivity contribution in [1.82, 2.24) is 4.90 Å². The molecular weight excluding hydrogens is 320 g/mol. The van der Waals surface area contributed by atoms with E-state index in [0.717, 1.165) is 5.56 Å². The number of hydrogen-bond donors (Lipinski definition) is 0. The molecule has 0 saturated heterocycles. The monoisotopic (exact) mass is 350 g/mol. The van der Waals surface area contributed by atoms with Crippen molar-refractivity contribution in [1.29, 1.82) is 0 Å². The predicted octanol–water partition coefficient (Wildman–Crippen LogP) is 3.48. The maximum absolute atomic E-state index is 12.5. The van der Waals surface area contributed by atoms with Gasteiger partial charge in [0.2, 0.25) is 6.10 Å². The van der Waals surface area contributed by atoms with Crippen molar-refractivity contribution in [3.05, 3.63) is 23.8 Å². The quantitative estimate of drug-likeness (QED) is 0.505. The maximum atomic E-state index is 12.5. The zero-order chi connectivity index (χ0) is 19.0. The first kappa shape index (κ1) is 20.8. The van der Waals surface area contributed by atoms with Gasteiger partial charge in [-0.2, -0.15) is 0 Å². The van der Waals surface area contributed by atoms with Crippen LogP contribution in [-0.2, 0) is 9.63 Å². The highest BCUT2D eigenvalue weighted by Gasteiger charge is 2.26. The second-order valence-corrected chi connectivity index (χ2v) is 6.26. The molecule has 0 spiro atoms. The molecule has 0 aliphatic heterocycles. The zero-order valence-electron chi connectivity index (χ0n) is 16.3. The molecule has 0 radical (unpaired) electrons. The lowest BCUT2D eigenvalue weighted by atomic mass is 10.2. The van der Waals surface area contributed by atoms with Crippen molar-refractivity contribution in [3.8, 4) is 11.5 Å². The molecule has 0 heterocycles. The number of hydrogen-bond acceptors (Lipinski definition) is 5. The lowest BCUT2D eigenvalue weighted by molar-refractivity contribution is -0.146. The Morgan fingerprint density at radius 1 is 1.16 bits per heavy atom. The van der Waals surface area contributed by atoms with Crippen LogP contribution >= 0.6 is 0 Å². The fraction of sp³-hybridized carbons (Fsp3) is 0.579. The average Bonchev–Trinajstić information content (AvgIpc) is 2.55. The number of rotatable bonds is 9. The van der Waals surface area contributed by atoms with Crippen LogP contribution in [-0.4, -0.2) is 48.9 Å². The summed E-state index contributed by atoms with van der Waals surface area (Å²) < 4.78 is 10.8. The Balaban J connectivity index is 2.75. The van der Waals surface area contributed by atoms with E-state index in [1.54, 1.807) is 31.2 Å². The van der Waals surface area contributed by atoms with Crippen molar-refractivity contribution in [3.63, 3.8) is 0 Å². The number of oxime groups is 1. The smallest absolute Gasteiger partial charge is 0.266 e. The Morgan fingerprint density at radius 3 is 2.32 bits per heavy atom. The van der Waals surface area contributed by atoms with Gasteiger partial charge in [-0.1, -0.05) is 5.16 Å². The largest absolute Gasteiger partial charge is 0.493 e. The molecule has 1 atom stereocenters. The van der Waals surface area contributed by atoms with Gasteiger partial charge in [0.25, 0.3) is 5.91 Å². The molecular formula is C19H30N2O4. The lowest BCUT2D eigenvalue weighted by Gasteiger charge is -2.32. The van der Waals surface area contributed by atoms with E-state index in [1.165, 1.54) is 0 Å². The summed E-state index contributed by atoms with van der Waals surface area (Å²) in [5.74, 6) is 1.23. The standard InChI is InChI=1S/C19H30N2O4/c1-8-24-17-10-9-16(11-18(17)23-7)12-20-25-15(6)19(22)21(13(2)3)14(4)5/h9-15H,8H2,1-7H3/b20-12+. The topological polar surface area (TPSA) is 60.4 Å². The van der Waals surface area contributed by atoms with Gasteiger partial charge in [0.05, 0.1) is 19.9 Å². The Bertz CT molecular complexity index is 577. The molecule has 1 aromatic rings. The van der Waals surface area contributed by atoms with Crippen molar-refractivity contribution in [2.45, 2.75) is 59.7 Å². The normalized spacial score (nSPS) is 12.5. The summed E-state index contributed by atoms with van der Waals surface area (Å²) in [7, 11) is 1.59. The van der Waals surface area contributed by atoms with E-state index in [9.17, 15) is 4.79 Å². The van der Waals surface area contributed by atoms with Gasteiger partial charge in [0.1, 0.15) is 0 Å². The number of amides is 1. The minimum Gasteiger partial charge on any atom is -0.493 e. The predicted molar refractivity (Wildman–Crippen MR) is 99.4 cm³/mol. The van der Waals surface area contributed by atoms with E-state index in [1.807, 2.05) is 46.8 Å². The first-order valence-corrected chi connectivity index (χ1v) is 8.64. The van der Waals surface area contributed by atoms with Gasteiger partial charge in [-0.15, -0.1) is 0 Å². The second kappa shape index (κ2) is 9.91. The summed E-state index contributed by atoms with van der Waals surface area (Å²) in [5, 5.41) is 3.95. The fourth-order valence-corrected chi connectivity index (χ4v) is 2.58. The molecule has 0 fully saturated rings. The maximum Gasteiger partial charge on any atom is 0.266 e. The number of ether oxygens (including phenoxy) is 2. The average molecular weight is 350 g/mol. The third kappa shape index (κ3) is 5.96. The lowest BCUT2D eigenvalue weighted by Crippen LogP contribution is -2.46. The van der Waals surface area contributed by atoms with Gasteiger partial charge in [0, 0.05) is 17.6 Å². The molecule has 0 bridgehead atoms. The number of benzene rings is 1. The third-order valence-electron chi connectivity index (χ3n) is 3.62. The molecule has 1 amide bonds. The van der Waals surface area contributed by atoms with E-state index in [4.69, 9.17) is 14.3 Å². The zero-order valence-corrected chi connectivity index (χ0v) is 16.3. The number of nitrogens with zero attached hydrogens (tertiary/aromatic N) is 2. The van der Waals surface area contributed by atoms with Gasteiger partial charge >= 0.3 is 0 Å². The van der Waals surface area contributed by atoms with E-state index in [-0.39, 0.29) is 18.0 Å². The molecule has 140 valence electrons. The Kier molecular flexibility index (Phi) is 8.25. The number of carbonyl (C=O) groups is 1. The van der Waals surface area contributed by atoms with Crippen LogP contribution < -0.4 is 9.47 Å². The molecule has 1 unspecified atom stereocenters. The van der Waals surface area contributed by atoms with Gasteiger partial charge < -0.3 is 19.2 Å². The van der Waals surface area contributed by atoms with E-state index in [0.29, 0.717) is 18.1 Å². The minimum absolute atomic E-state index is 0.0774. The van der Waals surface area contributed by atoms with Crippen LogP contribution in [0.25, 0.3) is 0 Å². The van der Waals surface area contributed by atoms with Crippen molar-refractivity contribution in [2.24, 2.45) is 5.16 Å². The SMILES string of the molecule is CCOc1ccc(/C=N/OC(C)C(=O)N(C(C)C)C(C)C)cc1OC. The van der Waals surface area contributed by atoms with Gasteiger partial charge in [-0.05, 0) is 59.7 Å². The molecule has 0 N–H and O–H groups in total. The molecule has 1 aromatic carbocycles. The van der Waals surface area contributed by atoms with Crippen LogP contribution in [0.15, 0.2) is 23.4 Å². The molecule has 0 aliphatic carbocycles. The minimum atomic E-state index is -0.648. The molecule has 0 aromatic heterocycles. The summed E-state index contributed by atoms with van der Waals surface area (Å²) in [5.41, 5.74) is 0.796. The molecule has 6 nitrogen and oxygen atoms in total. The highest BCUT2D eigenvalue weighted by atomic mass is 16.6. The summed E-state index contributed by atoms with van der Waals surface area (Å²) in [6.45, 7) is 12.1. The molecule has 6 heteroatoms. The van der Waals surface area contributed by atoms with E-state index in [2.05, 4.69) is 5.16 Å². The highest BCUT2D eigenvalue weighted by Crippen LogP contribution is 2.27. The Labute approximate surface area is 150 Å². The molecule has 0 saturated carbocycles. The van der Waals surface area contributed by atoms with Gasteiger partial charge in [-0.25, -0.2) is 0 Å². The van der Waals surface area contributed by atoms with Crippen molar-refractivity contribution in [2.75, 3.05) is 13.7 Å². The summed E-state index contributed by atoms with van der Waals surface area (Å²) in [6, 6.07) is 5.69. The first-order chi connectivity index (χ1) is 11.8. The van der Waals surface area contributed by atoms with Gasteiger partial charge in [0.15, 0.2) is 11.5 Å². The van der Waals surface area contributed by atoms with Crippen LogP contribution in [0.5, 0.6) is 11.5 Å². The van der Waals surface area contributed by atoms with E-state index >= 15 is 0 Å². The van der Waals surface area contributed by atoms with Crippen LogP contribution in [0.1, 0.15) is 47.1 Å². The van der Waals surface area contributed by atoms with Crippen LogP contribution in [0.4, 0.5) is 0 Å². The highest BCUT2D eigenvalue weighted by molar-refractivity contribution is 5.82. The number of carbonyl (C=O) groups excluding carboxylic acids is 1. The summed E-state index contributed by atoms with van der Waals surface area (Å²) in [6.07, 6.45) is 0.905. The molecule has 25 heavy (non-hydrogen) atoms. The van der Waals surface area contributed by atoms with Crippen molar-refractivity contribution >= 4 is 12.1 Å².